The molecule has 0 spiro atoms. The number of methoxy groups -OCH3 is 1. The maximum Gasteiger partial charge on any atom is 0.241 e. The summed E-state index contributed by atoms with van der Waals surface area (Å²) in [5.41, 5.74) is 1.16. The Morgan fingerprint density at radius 1 is 1.47 bits per heavy atom. The van der Waals surface area contributed by atoms with Crippen molar-refractivity contribution in [2.45, 2.75) is 39.1 Å². The average molecular weight is 282 g/mol. The lowest BCUT2D eigenvalue weighted by atomic mass is 10.1. The van der Waals surface area contributed by atoms with Crippen LogP contribution in [0.15, 0.2) is 16.8 Å². The molecule has 0 aliphatic carbocycles. The van der Waals surface area contributed by atoms with E-state index in [1.54, 1.807) is 18.4 Å². The van der Waals surface area contributed by atoms with Gasteiger partial charge >= 0.3 is 0 Å². The molecule has 2 heterocycles. The van der Waals surface area contributed by atoms with E-state index in [4.69, 9.17) is 4.74 Å². The zero-order valence-corrected chi connectivity index (χ0v) is 12.7. The van der Waals surface area contributed by atoms with Crippen molar-refractivity contribution in [3.05, 3.63) is 22.4 Å². The van der Waals surface area contributed by atoms with E-state index in [0.29, 0.717) is 6.54 Å². The molecule has 1 aliphatic heterocycles. The van der Waals surface area contributed by atoms with Crippen LogP contribution >= 0.6 is 11.3 Å². The maximum absolute atomic E-state index is 12.5. The monoisotopic (exact) mass is 282 g/mol. The molecule has 0 aromatic carbocycles. The number of hydrogen-bond donors (Lipinski definition) is 1. The summed E-state index contributed by atoms with van der Waals surface area (Å²) in [7, 11) is 1.68. The molecule has 5 heteroatoms. The molecule has 1 saturated heterocycles. The molecule has 1 fully saturated rings. The second-order valence-electron chi connectivity index (χ2n) is 5.38. The van der Waals surface area contributed by atoms with E-state index in [-0.39, 0.29) is 30.1 Å². The van der Waals surface area contributed by atoms with Gasteiger partial charge < -0.3 is 9.64 Å². The smallest absolute Gasteiger partial charge is 0.241 e. The second kappa shape index (κ2) is 6.03. The van der Waals surface area contributed by atoms with Gasteiger partial charge in [0.15, 0.2) is 0 Å². The summed E-state index contributed by atoms with van der Waals surface area (Å²) in [4.78, 5) is 14.4. The van der Waals surface area contributed by atoms with E-state index in [9.17, 15) is 4.79 Å². The largest absolute Gasteiger partial charge is 0.380 e. The quantitative estimate of drug-likeness (QED) is 0.900. The third-order valence-electron chi connectivity index (χ3n) is 3.58. The van der Waals surface area contributed by atoms with E-state index in [2.05, 4.69) is 30.6 Å². The lowest BCUT2D eigenvalue weighted by Crippen LogP contribution is -2.38. The molecule has 106 valence electrons. The Kier molecular flexibility index (Phi) is 4.60. The van der Waals surface area contributed by atoms with Crippen LogP contribution in [0.5, 0.6) is 0 Å². The highest BCUT2D eigenvalue weighted by Gasteiger charge is 2.41. The van der Waals surface area contributed by atoms with Crippen LogP contribution in [0, 0.1) is 5.92 Å². The Balaban J connectivity index is 2.21. The molecule has 1 amide bonds. The molecule has 0 radical (unpaired) electrons. The van der Waals surface area contributed by atoms with E-state index in [0.717, 1.165) is 5.56 Å². The third-order valence-corrected chi connectivity index (χ3v) is 4.28. The molecule has 1 N–H and O–H groups in total. The maximum atomic E-state index is 12.5. The summed E-state index contributed by atoms with van der Waals surface area (Å²) in [6, 6.07) is 1.97. The van der Waals surface area contributed by atoms with E-state index in [1.165, 1.54) is 0 Å². The van der Waals surface area contributed by atoms with Crippen LogP contribution in [0.3, 0.4) is 0 Å². The van der Waals surface area contributed by atoms with Gasteiger partial charge in [0, 0.05) is 13.7 Å². The highest BCUT2D eigenvalue weighted by molar-refractivity contribution is 7.07. The number of carbonyl (C=O) groups is 1. The van der Waals surface area contributed by atoms with Crippen molar-refractivity contribution >= 4 is 17.2 Å². The summed E-state index contributed by atoms with van der Waals surface area (Å²) in [5.74, 6) is 0.464. The van der Waals surface area contributed by atoms with E-state index < -0.39 is 0 Å². The average Bonchev–Trinajstić information content (AvgIpc) is 2.98. The van der Waals surface area contributed by atoms with Crippen LogP contribution in [-0.4, -0.2) is 36.6 Å². The van der Waals surface area contributed by atoms with Gasteiger partial charge in [-0.3, -0.25) is 10.1 Å². The van der Waals surface area contributed by atoms with Gasteiger partial charge in [-0.05, 0) is 35.2 Å². The predicted octanol–water partition coefficient (Wildman–Crippen LogP) is 2.24. The molecule has 1 aliphatic rings. The highest BCUT2D eigenvalue weighted by Crippen LogP contribution is 2.29. The fourth-order valence-corrected chi connectivity index (χ4v) is 3.05. The summed E-state index contributed by atoms with van der Waals surface area (Å²) in [6.45, 7) is 6.75. The minimum Gasteiger partial charge on any atom is -0.380 e. The molecule has 1 aromatic rings. The van der Waals surface area contributed by atoms with Crippen molar-refractivity contribution in [2.75, 3.05) is 13.7 Å². The lowest BCUT2D eigenvalue weighted by molar-refractivity contribution is -0.132. The topological polar surface area (TPSA) is 41.6 Å². The van der Waals surface area contributed by atoms with Crippen molar-refractivity contribution in [1.82, 2.24) is 10.2 Å². The zero-order valence-electron chi connectivity index (χ0n) is 11.9. The summed E-state index contributed by atoms with van der Waals surface area (Å²) < 4.78 is 5.30. The van der Waals surface area contributed by atoms with Crippen LogP contribution in [-0.2, 0) is 9.53 Å². The van der Waals surface area contributed by atoms with Crippen LogP contribution in [0.4, 0.5) is 0 Å². The number of hydrogen-bond acceptors (Lipinski definition) is 4. The van der Waals surface area contributed by atoms with Crippen LogP contribution < -0.4 is 5.32 Å². The third kappa shape index (κ3) is 2.99. The molecular weight excluding hydrogens is 260 g/mol. The van der Waals surface area contributed by atoms with E-state index in [1.807, 2.05) is 17.2 Å². The molecule has 3 unspecified atom stereocenters. The Bertz CT molecular complexity index is 419. The Morgan fingerprint density at radius 3 is 2.74 bits per heavy atom. The second-order valence-corrected chi connectivity index (χ2v) is 6.16. The molecule has 0 saturated carbocycles. The van der Waals surface area contributed by atoms with Crippen molar-refractivity contribution < 1.29 is 9.53 Å². The van der Waals surface area contributed by atoms with Gasteiger partial charge in [0.25, 0.3) is 0 Å². The number of carbonyl (C=O) groups excluding carboxylic acids is 1. The van der Waals surface area contributed by atoms with Gasteiger partial charge in [-0.2, -0.15) is 11.3 Å². The van der Waals surface area contributed by atoms with E-state index >= 15 is 0 Å². The van der Waals surface area contributed by atoms with Crippen LogP contribution in [0.2, 0.25) is 0 Å². The normalized spacial score (nSPS) is 25.3. The van der Waals surface area contributed by atoms with Crippen molar-refractivity contribution in [3.63, 3.8) is 0 Å². The lowest BCUT2D eigenvalue weighted by Gasteiger charge is -2.26. The molecular formula is C14H22N2O2S. The van der Waals surface area contributed by atoms with Crippen LogP contribution in [0.25, 0.3) is 0 Å². The standard InChI is InChI=1S/C14H22N2O2S/c1-9(2)12-14(17)16(7-10(3)18-4)13(15-12)11-5-6-19-8-11/h5-6,8-10,12-13,15H,7H2,1-4H3. The Morgan fingerprint density at radius 2 is 2.21 bits per heavy atom. The highest BCUT2D eigenvalue weighted by atomic mass is 32.1. The Labute approximate surface area is 118 Å². The molecule has 0 bridgehead atoms. The molecule has 2 rings (SSSR count). The number of nitrogens with zero attached hydrogens (tertiary/aromatic N) is 1. The molecule has 1 aromatic heterocycles. The Hall–Kier alpha value is -0.910. The van der Waals surface area contributed by atoms with Crippen molar-refractivity contribution in [3.8, 4) is 0 Å². The molecule has 3 atom stereocenters. The van der Waals surface area contributed by atoms with Gasteiger partial charge in [0.05, 0.1) is 12.1 Å². The fourth-order valence-electron chi connectivity index (χ4n) is 2.37. The van der Waals surface area contributed by atoms with Crippen LogP contribution in [0.1, 0.15) is 32.5 Å². The number of ether oxygens (including phenoxy) is 1. The first-order valence-electron chi connectivity index (χ1n) is 6.66. The summed E-state index contributed by atoms with van der Waals surface area (Å²) in [6.07, 6.45) is 0.0153. The molecule has 19 heavy (non-hydrogen) atoms. The predicted molar refractivity (Wildman–Crippen MR) is 77.0 cm³/mol. The first-order valence-corrected chi connectivity index (χ1v) is 7.60. The first kappa shape index (κ1) is 14.5. The van der Waals surface area contributed by atoms with Gasteiger partial charge in [0.2, 0.25) is 5.91 Å². The van der Waals surface area contributed by atoms with Gasteiger partial charge in [-0.15, -0.1) is 0 Å². The fraction of sp³-hybridized carbons (Fsp3) is 0.643. The van der Waals surface area contributed by atoms with Crippen molar-refractivity contribution in [2.24, 2.45) is 5.92 Å². The minimum atomic E-state index is -0.103. The first-order chi connectivity index (χ1) is 9.04. The number of rotatable bonds is 5. The van der Waals surface area contributed by atoms with Gasteiger partial charge in [0.1, 0.15) is 6.17 Å². The van der Waals surface area contributed by atoms with Gasteiger partial charge in [-0.1, -0.05) is 13.8 Å². The zero-order chi connectivity index (χ0) is 14.0. The number of amides is 1. The minimum absolute atomic E-state index is 0.0243. The number of nitrogens with one attached hydrogen (secondary N) is 1. The summed E-state index contributed by atoms with van der Waals surface area (Å²) >= 11 is 1.65. The summed E-state index contributed by atoms with van der Waals surface area (Å²) in [5, 5.41) is 7.59. The van der Waals surface area contributed by atoms with Crippen molar-refractivity contribution in [1.29, 1.82) is 0 Å². The number of thiophene rings is 1. The molecule has 4 nitrogen and oxygen atoms in total. The van der Waals surface area contributed by atoms with Gasteiger partial charge in [-0.25, -0.2) is 0 Å². The SMILES string of the molecule is COC(C)CN1C(=O)C(C(C)C)NC1c1ccsc1.